The van der Waals surface area contributed by atoms with Crippen LogP contribution in [0.2, 0.25) is 0 Å². The number of aryl methyl sites for hydroxylation is 2. The molecule has 0 saturated heterocycles. The van der Waals surface area contributed by atoms with E-state index < -0.39 is 6.10 Å². The Balaban J connectivity index is 1.67. The van der Waals surface area contributed by atoms with Gasteiger partial charge in [-0.15, -0.1) is 0 Å². The maximum atomic E-state index is 10.9. The lowest BCUT2D eigenvalue weighted by atomic mass is 10.1. The van der Waals surface area contributed by atoms with Gasteiger partial charge < -0.3 is 9.84 Å². The average molecular weight is 456 g/mol. The fraction of sp³-hybridized carbons (Fsp3) is 0.276. The molecule has 0 radical (unpaired) electrons. The standard InChI is InChI=1S/C29H33N3O2/c1-4-19-31(21-28(33)24-11-7-5-8-12-24)20-27-23(3)30-32(25-13-9-6-10-14-25)29(27)34-26-17-15-22(2)16-18-26/h5-18,28,33H,4,19-21H2,1-3H3. The van der Waals surface area contributed by atoms with Gasteiger partial charge in [0.05, 0.1) is 23.0 Å². The second-order valence-corrected chi connectivity index (χ2v) is 8.69. The zero-order valence-corrected chi connectivity index (χ0v) is 20.2. The van der Waals surface area contributed by atoms with Crippen molar-refractivity contribution in [2.45, 2.75) is 39.8 Å². The molecule has 176 valence electrons. The van der Waals surface area contributed by atoms with Crippen LogP contribution < -0.4 is 4.74 Å². The van der Waals surface area contributed by atoms with Gasteiger partial charge in [-0.2, -0.15) is 5.10 Å². The summed E-state index contributed by atoms with van der Waals surface area (Å²) in [6, 6.07) is 28.0. The van der Waals surface area contributed by atoms with Gasteiger partial charge in [-0.05, 0) is 56.6 Å². The van der Waals surface area contributed by atoms with Crippen molar-refractivity contribution >= 4 is 0 Å². The van der Waals surface area contributed by atoms with Crippen molar-refractivity contribution < 1.29 is 9.84 Å². The number of para-hydroxylation sites is 1. The summed E-state index contributed by atoms with van der Waals surface area (Å²) in [4.78, 5) is 2.28. The minimum absolute atomic E-state index is 0.539. The summed E-state index contributed by atoms with van der Waals surface area (Å²) in [7, 11) is 0. The van der Waals surface area contributed by atoms with E-state index in [2.05, 4.69) is 18.7 Å². The molecule has 0 saturated carbocycles. The van der Waals surface area contributed by atoms with Crippen LogP contribution in [0.1, 0.15) is 41.8 Å². The van der Waals surface area contributed by atoms with Crippen LogP contribution >= 0.6 is 0 Å². The molecule has 4 rings (SSSR count). The Morgan fingerprint density at radius 3 is 2.21 bits per heavy atom. The summed E-state index contributed by atoms with van der Waals surface area (Å²) in [5.41, 5.74) is 5.01. The highest BCUT2D eigenvalue weighted by atomic mass is 16.5. The lowest BCUT2D eigenvalue weighted by Gasteiger charge is -2.25. The number of benzene rings is 3. The first-order valence-electron chi connectivity index (χ1n) is 11.9. The number of ether oxygens (including phenoxy) is 1. The van der Waals surface area contributed by atoms with Gasteiger partial charge in [-0.3, -0.25) is 4.90 Å². The number of aliphatic hydroxyl groups excluding tert-OH is 1. The maximum Gasteiger partial charge on any atom is 0.227 e. The smallest absolute Gasteiger partial charge is 0.227 e. The summed E-state index contributed by atoms with van der Waals surface area (Å²) < 4.78 is 8.33. The summed E-state index contributed by atoms with van der Waals surface area (Å²) in [6.45, 7) is 8.29. The lowest BCUT2D eigenvalue weighted by Crippen LogP contribution is -2.29. The summed E-state index contributed by atoms with van der Waals surface area (Å²) in [6.07, 6.45) is 0.431. The molecule has 1 heterocycles. The molecule has 0 aliphatic carbocycles. The topological polar surface area (TPSA) is 50.5 Å². The highest BCUT2D eigenvalue weighted by molar-refractivity contribution is 5.43. The third-order valence-electron chi connectivity index (χ3n) is 5.91. The highest BCUT2D eigenvalue weighted by Gasteiger charge is 2.22. The van der Waals surface area contributed by atoms with Crippen LogP contribution in [-0.2, 0) is 6.54 Å². The van der Waals surface area contributed by atoms with E-state index in [1.54, 1.807) is 0 Å². The van der Waals surface area contributed by atoms with Crippen molar-refractivity contribution in [1.82, 2.24) is 14.7 Å². The molecule has 0 fully saturated rings. The van der Waals surface area contributed by atoms with Gasteiger partial charge in [0.25, 0.3) is 0 Å². The van der Waals surface area contributed by atoms with Gasteiger partial charge >= 0.3 is 0 Å². The Labute approximate surface area is 202 Å². The molecule has 34 heavy (non-hydrogen) atoms. The van der Waals surface area contributed by atoms with Crippen molar-refractivity contribution in [3.63, 3.8) is 0 Å². The lowest BCUT2D eigenvalue weighted by molar-refractivity contribution is 0.108. The largest absolute Gasteiger partial charge is 0.439 e. The van der Waals surface area contributed by atoms with Crippen molar-refractivity contribution in [3.8, 4) is 17.3 Å². The fourth-order valence-corrected chi connectivity index (χ4v) is 4.09. The predicted molar refractivity (Wildman–Crippen MR) is 137 cm³/mol. The van der Waals surface area contributed by atoms with E-state index in [9.17, 15) is 5.11 Å². The van der Waals surface area contributed by atoms with Crippen LogP contribution in [-0.4, -0.2) is 32.9 Å². The Bertz CT molecular complexity index is 1170. The minimum atomic E-state index is -0.557. The SMILES string of the molecule is CCCN(Cc1c(C)nn(-c2ccccc2)c1Oc1ccc(C)cc1)CC(O)c1ccccc1. The minimum Gasteiger partial charge on any atom is -0.439 e. The van der Waals surface area contributed by atoms with Crippen molar-refractivity contribution in [2.24, 2.45) is 0 Å². The summed E-state index contributed by atoms with van der Waals surface area (Å²) >= 11 is 0. The average Bonchev–Trinajstić information content (AvgIpc) is 3.16. The molecule has 0 aliphatic heterocycles. The van der Waals surface area contributed by atoms with E-state index in [0.717, 1.165) is 41.2 Å². The van der Waals surface area contributed by atoms with Gasteiger partial charge in [-0.1, -0.05) is 73.2 Å². The van der Waals surface area contributed by atoms with E-state index in [-0.39, 0.29) is 0 Å². The Morgan fingerprint density at radius 2 is 1.56 bits per heavy atom. The molecule has 4 aromatic rings. The van der Waals surface area contributed by atoms with Crippen LogP contribution in [0.4, 0.5) is 0 Å². The molecule has 1 aromatic heterocycles. The molecule has 1 atom stereocenters. The summed E-state index contributed by atoms with van der Waals surface area (Å²) in [5.74, 6) is 1.48. The number of hydrogen-bond acceptors (Lipinski definition) is 4. The van der Waals surface area contributed by atoms with Gasteiger partial charge in [0.15, 0.2) is 0 Å². The molecule has 0 bridgehead atoms. The van der Waals surface area contributed by atoms with Crippen LogP contribution in [0.25, 0.3) is 5.69 Å². The number of nitrogens with zero attached hydrogens (tertiary/aromatic N) is 3. The van der Waals surface area contributed by atoms with Crippen LogP contribution in [0.15, 0.2) is 84.9 Å². The quantitative estimate of drug-likeness (QED) is 0.308. The zero-order valence-electron chi connectivity index (χ0n) is 20.2. The van der Waals surface area contributed by atoms with E-state index in [1.807, 2.05) is 96.5 Å². The van der Waals surface area contributed by atoms with Crippen molar-refractivity contribution in [2.75, 3.05) is 13.1 Å². The predicted octanol–water partition coefficient (Wildman–Crippen LogP) is 6.23. The molecular weight excluding hydrogens is 422 g/mol. The third kappa shape index (κ3) is 5.74. The number of aromatic nitrogens is 2. The van der Waals surface area contributed by atoms with E-state index >= 15 is 0 Å². The van der Waals surface area contributed by atoms with Gasteiger partial charge in [0.1, 0.15) is 5.75 Å². The Hall–Kier alpha value is -3.41. The first kappa shape index (κ1) is 23.7. The number of rotatable bonds is 10. The van der Waals surface area contributed by atoms with E-state index in [0.29, 0.717) is 19.0 Å². The summed E-state index contributed by atoms with van der Waals surface area (Å²) in [5, 5.41) is 15.7. The number of aliphatic hydroxyl groups is 1. The van der Waals surface area contributed by atoms with Crippen molar-refractivity contribution in [3.05, 3.63) is 107 Å². The van der Waals surface area contributed by atoms with Crippen LogP contribution in [0, 0.1) is 13.8 Å². The van der Waals surface area contributed by atoms with Crippen LogP contribution in [0.5, 0.6) is 11.6 Å². The first-order chi connectivity index (χ1) is 16.5. The Morgan fingerprint density at radius 1 is 0.912 bits per heavy atom. The molecule has 0 amide bonds. The third-order valence-corrected chi connectivity index (χ3v) is 5.91. The van der Waals surface area contributed by atoms with Crippen LogP contribution in [0.3, 0.4) is 0 Å². The zero-order chi connectivity index (χ0) is 23.9. The second-order valence-electron chi connectivity index (χ2n) is 8.69. The van der Waals surface area contributed by atoms with Gasteiger partial charge in [0, 0.05) is 13.1 Å². The monoisotopic (exact) mass is 455 g/mol. The van der Waals surface area contributed by atoms with E-state index in [4.69, 9.17) is 9.84 Å². The molecule has 1 unspecified atom stereocenters. The van der Waals surface area contributed by atoms with Gasteiger partial charge in [0.2, 0.25) is 5.88 Å². The number of hydrogen-bond donors (Lipinski definition) is 1. The maximum absolute atomic E-state index is 10.9. The molecular formula is C29H33N3O2. The molecule has 3 aromatic carbocycles. The molecule has 5 heteroatoms. The highest BCUT2D eigenvalue weighted by Crippen LogP contribution is 2.32. The molecule has 1 N–H and O–H groups in total. The van der Waals surface area contributed by atoms with Gasteiger partial charge in [-0.25, -0.2) is 4.68 Å². The normalized spacial score (nSPS) is 12.1. The Kier molecular flexibility index (Phi) is 7.78. The van der Waals surface area contributed by atoms with E-state index in [1.165, 1.54) is 5.56 Å². The first-order valence-corrected chi connectivity index (χ1v) is 11.9. The molecule has 0 spiro atoms. The second kappa shape index (κ2) is 11.1. The van der Waals surface area contributed by atoms with Crippen molar-refractivity contribution in [1.29, 1.82) is 0 Å². The molecule has 5 nitrogen and oxygen atoms in total. The fourth-order valence-electron chi connectivity index (χ4n) is 4.09. The molecule has 0 aliphatic rings.